The average molecular weight is 313 g/mol. The minimum atomic E-state index is -1.16. The van der Waals surface area contributed by atoms with E-state index in [0.29, 0.717) is 18.5 Å². The van der Waals surface area contributed by atoms with Gasteiger partial charge in [-0.3, -0.25) is 14.4 Å². The van der Waals surface area contributed by atoms with Gasteiger partial charge in [0.15, 0.2) is 17.5 Å². The Hall–Kier alpha value is -1.97. The highest BCUT2D eigenvalue weighted by atomic mass is 16.2. The second-order valence-corrected chi connectivity index (χ2v) is 7.70. The number of Topliss-reactive ketones (excluding diaryl/α,β-unsaturated/α-hetero) is 2. The molecule has 0 saturated heterocycles. The number of ketones is 2. The molecule has 2 bridgehead atoms. The number of nitrogens with one attached hydrogen (secondary N) is 1. The Morgan fingerprint density at radius 2 is 1.74 bits per heavy atom. The average Bonchev–Trinajstić information content (AvgIpc) is 2.66. The first-order chi connectivity index (χ1) is 10.7. The van der Waals surface area contributed by atoms with Crippen LogP contribution in [-0.2, 0) is 14.4 Å². The van der Waals surface area contributed by atoms with Gasteiger partial charge in [0.1, 0.15) is 0 Å². The number of hydrogen-bond acceptors (Lipinski definition) is 3. The van der Waals surface area contributed by atoms with Crippen molar-refractivity contribution in [3.05, 3.63) is 29.8 Å². The molecule has 23 heavy (non-hydrogen) atoms. The Balaban J connectivity index is 1.88. The fourth-order valence-electron chi connectivity index (χ4n) is 4.19. The van der Waals surface area contributed by atoms with Gasteiger partial charge in [-0.25, -0.2) is 0 Å². The monoisotopic (exact) mass is 313 g/mol. The van der Waals surface area contributed by atoms with Crippen LogP contribution in [0.25, 0.3) is 0 Å². The van der Waals surface area contributed by atoms with E-state index in [-0.39, 0.29) is 22.9 Å². The molecule has 4 heteroatoms. The molecule has 1 amide bonds. The van der Waals surface area contributed by atoms with E-state index in [1.807, 2.05) is 39.8 Å². The maximum absolute atomic E-state index is 12.9. The van der Waals surface area contributed by atoms with Gasteiger partial charge in [0, 0.05) is 17.0 Å². The van der Waals surface area contributed by atoms with E-state index in [2.05, 4.69) is 5.32 Å². The lowest BCUT2D eigenvalue weighted by molar-refractivity contribution is -0.156. The Kier molecular flexibility index (Phi) is 3.47. The summed E-state index contributed by atoms with van der Waals surface area (Å²) in [5.74, 6) is -2.29. The summed E-state index contributed by atoms with van der Waals surface area (Å²) in [5.41, 5.74) is 0.728. The summed E-state index contributed by atoms with van der Waals surface area (Å²) >= 11 is 0. The third-order valence-electron chi connectivity index (χ3n) is 6.24. The summed E-state index contributed by atoms with van der Waals surface area (Å²) in [6.07, 6.45) is 1.38. The zero-order chi connectivity index (χ0) is 17.0. The zero-order valence-corrected chi connectivity index (χ0v) is 14.1. The fraction of sp³-hybridized carbons (Fsp3) is 0.526. The Morgan fingerprint density at radius 1 is 1.13 bits per heavy atom. The first-order valence-corrected chi connectivity index (χ1v) is 8.14. The lowest BCUT2D eigenvalue weighted by Crippen LogP contribution is -2.56. The van der Waals surface area contributed by atoms with Gasteiger partial charge >= 0.3 is 0 Å². The largest absolute Gasteiger partial charge is 0.325 e. The van der Waals surface area contributed by atoms with Crippen molar-refractivity contribution in [3.8, 4) is 0 Å². The van der Waals surface area contributed by atoms with Crippen LogP contribution in [0.1, 0.15) is 39.2 Å². The number of carbonyl (C=O) groups excluding carboxylic acids is 3. The number of fused-ring (bicyclic) bond motifs is 2. The van der Waals surface area contributed by atoms with Gasteiger partial charge in [0.25, 0.3) is 0 Å². The quantitative estimate of drug-likeness (QED) is 0.853. The molecule has 1 aromatic carbocycles. The molecule has 2 saturated carbocycles. The summed E-state index contributed by atoms with van der Waals surface area (Å²) in [7, 11) is 0. The molecule has 0 aromatic heterocycles. The maximum Gasteiger partial charge on any atom is 0.242 e. The van der Waals surface area contributed by atoms with Crippen molar-refractivity contribution in [2.45, 2.75) is 40.5 Å². The molecular formula is C19H23NO3. The van der Waals surface area contributed by atoms with Crippen molar-refractivity contribution in [1.29, 1.82) is 0 Å². The maximum atomic E-state index is 12.9. The van der Waals surface area contributed by atoms with Gasteiger partial charge in [-0.2, -0.15) is 0 Å². The van der Waals surface area contributed by atoms with Crippen LogP contribution in [0.5, 0.6) is 0 Å². The van der Waals surface area contributed by atoms with E-state index in [9.17, 15) is 14.4 Å². The molecule has 2 aliphatic rings. The van der Waals surface area contributed by atoms with Crippen LogP contribution in [0, 0.1) is 29.6 Å². The molecule has 0 spiro atoms. The summed E-state index contributed by atoms with van der Waals surface area (Å²) in [5, 5.41) is 2.73. The first-order valence-electron chi connectivity index (χ1n) is 8.14. The second kappa shape index (κ2) is 5.02. The van der Waals surface area contributed by atoms with Gasteiger partial charge in [-0.15, -0.1) is 0 Å². The minimum Gasteiger partial charge on any atom is -0.325 e. The van der Waals surface area contributed by atoms with Crippen molar-refractivity contribution in [2.75, 3.05) is 5.32 Å². The smallest absolute Gasteiger partial charge is 0.242 e. The van der Waals surface area contributed by atoms with Gasteiger partial charge in [0.2, 0.25) is 5.91 Å². The van der Waals surface area contributed by atoms with E-state index in [0.717, 1.165) is 5.56 Å². The van der Waals surface area contributed by atoms with Crippen LogP contribution in [0.4, 0.5) is 5.69 Å². The predicted octanol–water partition coefficient (Wildman–Crippen LogP) is 3.14. The number of rotatable bonds is 2. The van der Waals surface area contributed by atoms with Gasteiger partial charge in [-0.1, -0.05) is 38.5 Å². The number of benzene rings is 1. The highest BCUT2D eigenvalue weighted by Gasteiger charge is 2.65. The Labute approximate surface area is 136 Å². The molecule has 1 N–H and O–H groups in total. The molecule has 0 aliphatic heterocycles. The lowest BCUT2D eigenvalue weighted by Gasteiger charge is -2.46. The topological polar surface area (TPSA) is 63.2 Å². The highest BCUT2D eigenvalue weighted by Crippen LogP contribution is 2.61. The highest BCUT2D eigenvalue weighted by molar-refractivity contribution is 6.25. The van der Waals surface area contributed by atoms with Crippen molar-refractivity contribution in [3.63, 3.8) is 0 Å². The molecule has 2 unspecified atom stereocenters. The van der Waals surface area contributed by atoms with Gasteiger partial charge in [0.05, 0.1) is 0 Å². The molecule has 2 fully saturated rings. The third-order valence-corrected chi connectivity index (χ3v) is 6.24. The zero-order valence-electron chi connectivity index (χ0n) is 14.1. The molecule has 0 heterocycles. The molecule has 122 valence electrons. The third kappa shape index (κ3) is 2.15. The van der Waals surface area contributed by atoms with Gasteiger partial charge < -0.3 is 5.32 Å². The van der Waals surface area contributed by atoms with Crippen molar-refractivity contribution in [2.24, 2.45) is 22.7 Å². The lowest BCUT2D eigenvalue weighted by atomic mass is 9.55. The van der Waals surface area contributed by atoms with Crippen LogP contribution in [0.3, 0.4) is 0 Å². The van der Waals surface area contributed by atoms with E-state index in [1.165, 1.54) is 0 Å². The van der Waals surface area contributed by atoms with Crippen molar-refractivity contribution in [1.82, 2.24) is 0 Å². The predicted molar refractivity (Wildman–Crippen MR) is 87.9 cm³/mol. The van der Waals surface area contributed by atoms with Crippen molar-refractivity contribution < 1.29 is 14.4 Å². The van der Waals surface area contributed by atoms with E-state index < -0.39 is 17.2 Å². The standard InChI is InChI=1S/C19H23NO3/c1-11-5-7-12(8-6-11)20-17(23)14-15(21)13-9-10-19(4,16(14)22)18(13,2)3/h5-8,13-14H,9-10H2,1-4H3,(H,20,23)/t13?,14?,19-/m0/s1. The summed E-state index contributed by atoms with van der Waals surface area (Å²) in [6.45, 7) is 7.83. The number of carbonyl (C=O) groups is 3. The van der Waals surface area contributed by atoms with Crippen LogP contribution in [-0.4, -0.2) is 17.5 Å². The number of hydrogen-bond donors (Lipinski definition) is 1. The normalized spacial score (nSPS) is 32.0. The van der Waals surface area contributed by atoms with Crippen LogP contribution in [0.15, 0.2) is 24.3 Å². The SMILES string of the molecule is Cc1ccc(NC(=O)C2C(=O)C3CC[C@@](C)(C2=O)C3(C)C)cc1. The second-order valence-electron chi connectivity index (χ2n) is 7.70. The number of amides is 1. The van der Waals surface area contributed by atoms with Crippen LogP contribution < -0.4 is 5.32 Å². The van der Waals surface area contributed by atoms with E-state index in [4.69, 9.17) is 0 Å². The molecule has 1 aromatic rings. The fourth-order valence-corrected chi connectivity index (χ4v) is 4.19. The summed E-state index contributed by atoms with van der Waals surface area (Å²) in [6, 6.07) is 7.33. The molecule has 0 radical (unpaired) electrons. The summed E-state index contributed by atoms with van der Waals surface area (Å²) < 4.78 is 0. The van der Waals surface area contributed by atoms with E-state index >= 15 is 0 Å². The van der Waals surface area contributed by atoms with Gasteiger partial charge in [-0.05, 0) is 37.3 Å². The Bertz CT molecular complexity index is 689. The minimum absolute atomic E-state index is 0.209. The number of aryl methyl sites for hydroxylation is 1. The summed E-state index contributed by atoms with van der Waals surface area (Å²) in [4.78, 5) is 38.3. The van der Waals surface area contributed by atoms with E-state index in [1.54, 1.807) is 12.1 Å². The molecule has 3 rings (SSSR count). The number of anilines is 1. The molecule has 3 atom stereocenters. The molecule has 4 nitrogen and oxygen atoms in total. The van der Waals surface area contributed by atoms with Crippen LogP contribution >= 0.6 is 0 Å². The first kappa shape index (κ1) is 15.9. The Morgan fingerprint density at radius 3 is 2.35 bits per heavy atom. The molecule has 2 aliphatic carbocycles. The molecular weight excluding hydrogens is 290 g/mol. The van der Waals surface area contributed by atoms with Crippen LogP contribution in [0.2, 0.25) is 0 Å². The van der Waals surface area contributed by atoms with Crippen molar-refractivity contribution >= 4 is 23.2 Å².